The molecule has 4 N–H and O–H groups in total. The first-order valence-electron chi connectivity index (χ1n) is 5.79. The molecule has 4 nitrogen and oxygen atoms in total. The molecule has 0 bridgehead atoms. The van der Waals surface area contributed by atoms with E-state index in [-0.39, 0.29) is 19.8 Å². The normalized spacial score (nSPS) is 8.35. The van der Waals surface area contributed by atoms with Gasteiger partial charge in [-0.2, -0.15) is 0 Å². The zero-order valence-electron chi connectivity index (χ0n) is 11.0. The molecule has 0 spiro atoms. The van der Waals surface area contributed by atoms with Crippen molar-refractivity contribution >= 4 is 5.69 Å². The predicted octanol–water partition coefficient (Wildman–Crippen LogP) is 1.40. The van der Waals surface area contributed by atoms with Crippen molar-refractivity contribution in [2.45, 2.75) is 20.8 Å². The summed E-state index contributed by atoms with van der Waals surface area (Å²) in [6.07, 6.45) is 0. The quantitative estimate of drug-likeness (QED) is 0.647. The number of nitrogens with one attached hydrogen (secondary N) is 1. The van der Waals surface area contributed by atoms with Crippen LogP contribution in [0.1, 0.15) is 19.4 Å². The van der Waals surface area contributed by atoms with Gasteiger partial charge in [-0.1, -0.05) is 17.7 Å². The van der Waals surface area contributed by atoms with Gasteiger partial charge in [0.2, 0.25) is 0 Å². The second kappa shape index (κ2) is 14.9. The summed E-state index contributed by atoms with van der Waals surface area (Å²) in [5.74, 6) is 0. The largest absolute Gasteiger partial charge is 0.397 e. The number of aryl methyl sites for hydroxylation is 1. The first-order valence-corrected chi connectivity index (χ1v) is 5.79. The maximum atomic E-state index is 8.52. The molecule has 1 aromatic rings. The van der Waals surface area contributed by atoms with Crippen LogP contribution in [0, 0.1) is 6.92 Å². The Balaban J connectivity index is 0. The van der Waals surface area contributed by atoms with E-state index in [1.54, 1.807) is 13.8 Å². The molecule has 0 saturated carbocycles. The van der Waals surface area contributed by atoms with Crippen molar-refractivity contribution in [3.63, 3.8) is 0 Å². The van der Waals surface area contributed by atoms with Gasteiger partial charge in [0.15, 0.2) is 0 Å². The van der Waals surface area contributed by atoms with E-state index in [0.717, 1.165) is 5.69 Å². The molecule has 0 saturated heterocycles. The zero-order valence-corrected chi connectivity index (χ0v) is 11.0. The number of aliphatic hydroxyl groups excluding tert-OH is 3. The Morgan fingerprint density at radius 1 is 0.941 bits per heavy atom. The fourth-order valence-electron chi connectivity index (χ4n) is 0.872. The van der Waals surface area contributed by atoms with E-state index in [0.29, 0.717) is 6.54 Å². The minimum Gasteiger partial charge on any atom is -0.397 e. The van der Waals surface area contributed by atoms with E-state index < -0.39 is 0 Å². The Bertz CT molecular complexity index is 235. The van der Waals surface area contributed by atoms with Gasteiger partial charge in [-0.15, -0.1) is 0 Å². The molecule has 0 aliphatic rings. The Labute approximate surface area is 104 Å². The Morgan fingerprint density at radius 3 is 1.71 bits per heavy atom. The summed E-state index contributed by atoms with van der Waals surface area (Å²) in [6, 6.07) is 8.09. The number of rotatable bonds is 3. The van der Waals surface area contributed by atoms with Gasteiger partial charge in [-0.3, -0.25) is 0 Å². The molecule has 0 aliphatic carbocycles. The summed E-state index contributed by atoms with van der Waals surface area (Å²) >= 11 is 0. The second-order valence-electron chi connectivity index (χ2n) is 3.15. The summed E-state index contributed by atoms with van der Waals surface area (Å²) in [4.78, 5) is 0. The van der Waals surface area contributed by atoms with Crippen LogP contribution >= 0.6 is 0 Å². The van der Waals surface area contributed by atoms with Crippen LogP contribution in [0.3, 0.4) is 0 Å². The molecular formula is C13H25NO3. The third-order valence-electron chi connectivity index (χ3n) is 1.49. The van der Waals surface area contributed by atoms with Crippen LogP contribution in [-0.2, 0) is 0 Å². The molecule has 0 amide bonds. The minimum absolute atomic E-state index is 0.174. The summed E-state index contributed by atoms with van der Waals surface area (Å²) < 4.78 is 0. The molecule has 100 valence electrons. The fourth-order valence-corrected chi connectivity index (χ4v) is 0.872. The van der Waals surface area contributed by atoms with Gasteiger partial charge in [0.05, 0.1) is 6.61 Å². The number of hydrogen-bond donors (Lipinski definition) is 4. The van der Waals surface area contributed by atoms with Crippen molar-refractivity contribution in [1.82, 2.24) is 0 Å². The fraction of sp³-hybridized carbons (Fsp3) is 0.538. The van der Waals surface area contributed by atoms with Crippen molar-refractivity contribution in [2.24, 2.45) is 0 Å². The molecule has 4 heteroatoms. The van der Waals surface area contributed by atoms with Gasteiger partial charge in [-0.05, 0) is 32.9 Å². The van der Waals surface area contributed by atoms with E-state index in [1.807, 2.05) is 24.3 Å². The highest BCUT2D eigenvalue weighted by atomic mass is 16.3. The SMILES string of the molecule is CCO.CCO.Cc1ccc(NCCO)cc1. The third kappa shape index (κ3) is 14.9. The summed E-state index contributed by atoms with van der Waals surface area (Å²) in [6.45, 7) is 6.70. The third-order valence-corrected chi connectivity index (χ3v) is 1.49. The lowest BCUT2D eigenvalue weighted by Gasteiger charge is -2.03. The molecule has 0 radical (unpaired) electrons. The van der Waals surface area contributed by atoms with Crippen LogP contribution < -0.4 is 5.32 Å². The van der Waals surface area contributed by atoms with Gasteiger partial charge in [0.25, 0.3) is 0 Å². The van der Waals surface area contributed by atoms with E-state index in [9.17, 15) is 0 Å². The van der Waals surface area contributed by atoms with Gasteiger partial charge < -0.3 is 20.6 Å². The number of aliphatic hydroxyl groups is 3. The van der Waals surface area contributed by atoms with Crippen molar-refractivity contribution in [3.05, 3.63) is 29.8 Å². The van der Waals surface area contributed by atoms with E-state index in [2.05, 4.69) is 12.2 Å². The Hall–Kier alpha value is -1.10. The topological polar surface area (TPSA) is 72.7 Å². The molecule has 0 atom stereocenters. The lowest BCUT2D eigenvalue weighted by Crippen LogP contribution is -2.04. The Kier molecular flexibility index (Phi) is 16.0. The van der Waals surface area contributed by atoms with Crippen LogP contribution in [0.2, 0.25) is 0 Å². The monoisotopic (exact) mass is 243 g/mol. The van der Waals surface area contributed by atoms with Crippen LogP contribution in [0.25, 0.3) is 0 Å². The molecular weight excluding hydrogens is 218 g/mol. The van der Waals surface area contributed by atoms with Gasteiger partial charge >= 0.3 is 0 Å². The van der Waals surface area contributed by atoms with Gasteiger partial charge in [0.1, 0.15) is 0 Å². The van der Waals surface area contributed by atoms with Crippen LogP contribution in [0.5, 0.6) is 0 Å². The lowest BCUT2D eigenvalue weighted by atomic mass is 10.2. The highest BCUT2D eigenvalue weighted by Crippen LogP contribution is 2.07. The zero-order chi connectivity index (χ0) is 13.5. The van der Waals surface area contributed by atoms with Crippen molar-refractivity contribution in [1.29, 1.82) is 0 Å². The average molecular weight is 243 g/mol. The Morgan fingerprint density at radius 2 is 1.35 bits per heavy atom. The smallest absolute Gasteiger partial charge is 0.0604 e. The predicted molar refractivity (Wildman–Crippen MR) is 72.3 cm³/mol. The first-order chi connectivity index (χ1) is 8.15. The van der Waals surface area contributed by atoms with Crippen molar-refractivity contribution in [2.75, 3.05) is 31.7 Å². The van der Waals surface area contributed by atoms with E-state index in [4.69, 9.17) is 15.3 Å². The van der Waals surface area contributed by atoms with Crippen molar-refractivity contribution in [3.8, 4) is 0 Å². The van der Waals surface area contributed by atoms with E-state index >= 15 is 0 Å². The van der Waals surface area contributed by atoms with Crippen molar-refractivity contribution < 1.29 is 15.3 Å². The maximum absolute atomic E-state index is 8.52. The number of hydrogen-bond acceptors (Lipinski definition) is 4. The summed E-state index contributed by atoms with van der Waals surface area (Å²) in [5, 5.41) is 26.7. The highest BCUT2D eigenvalue weighted by Gasteiger charge is 1.88. The molecule has 17 heavy (non-hydrogen) atoms. The minimum atomic E-state index is 0.174. The molecule has 1 aromatic carbocycles. The maximum Gasteiger partial charge on any atom is 0.0604 e. The molecule has 0 aromatic heterocycles. The molecule has 1 rings (SSSR count). The van der Waals surface area contributed by atoms with E-state index in [1.165, 1.54) is 5.56 Å². The van der Waals surface area contributed by atoms with Gasteiger partial charge in [0, 0.05) is 25.4 Å². The highest BCUT2D eigenvalue weighted by molar-refractivity contribution is 5.44. The number of anilines is 1. The van der Waals surface area contributed by atoms with Crippen LogP contribution in [0.15, 0.2) is 24.3 Å². The second-order valence-corrected chi connectivity index (χ2v) is 3.15. The lowest BCUT2D eigenvalue weighted by molar-refractivity contribution is 0.311. The van der Waals surface area contributed by atoms with Crippen LogP contribution in [0.4, 0.5) is 5.69 Å². The molecule has 0 heterocycles. The summed E-state index contributed by atoms with van der Waals surface area (Å²) in [7, 11) is 0. The van der Waals surface area contributed by atoms with Crippen LogP contribution in [-0.4, -0.2) is 41.7 Å². The number of benzene rings is 1. The summed E-state index contributed by atoms with van der Waals surface area (Å²) in [5.41, 5.74) is 2.31. The molecule has 0 unspecified atom stereocenters. The first kappa shape index (κ1) is 18.3. The average Bonchev–Trinajstić information content (AvgIpc) is 2.30. The molecule has 0 aliphatic heterocycles. The standard InChI is InChI=1S/C9H13NO.2C2H6O/c1-8-2-4-9(5-3-8)10-6-7-11;2*1-2-3/h2-5,10-11H,6-7H2,1H3;2*3H,2H2,1H3. The van der Waals surface area contributed by atoms with Gasteiger partial charge in [-0.25, -0.2) is 0 Å². The molecule has 0 fully saturated rings.